The predicted octanol–water partition coefficient (Wildman–Crippen LogP) is 6.49. The number of benzene rings is 3. The fraction of sp³-hybridized carbons (Fsp3) is 0. The van der Waals surface area contributed by atoms with Crippen LogP contribution in [0.3, 0.4) is 0 Å². The van der Waals surface area contributed by atoms with E-state index in [1.165, 1.54) is 11.8 Å². The van der Waals surface area contributed by atoms with Gasteiger partial charge in [-0.2, -0.15) is 5.26 Å². The van der Waals surface area contributed by atoms with Gasteiger partial charge in [0.15, 0.2) is 5.82 Å². The monoisotopic (exact) mass is 399 g/mol. The van der Waals surface area contributed by atoms with E-state index in [-0.39, 0.29) is 0 Å². The fourth-order valence-corrected chi connectivity index (χ4v) is 3.75. The molecule has 0 aliphatic heterocycles. The summed E-state index contributed by atoms with van der Waals surface area (Å²) in [5, 5.41) is 11.2. The molecule has 0 aliphatic carbocycles. The van der Waals surface area contributed by atoms with Gasteiger partial charge in [-0.15, -0.1) is 0 Å². The van der Waals surface area contributed by atoms with Crippen molar-refractivity contribution in [1.82, 2.24) is 9.97 Å². The number of hydrogen-bond acceptors (Lipinski definition) is 4. The van der Waals surface area contributed by atoms with Crippen molar-refractivity contribution < 1.29 is 0 Å². The molecule has 4 rings (SSSR count). The Morgan fingerprint density at radius 3 is 1.96 bits per heavy atom. The first-order valence-electron chi connectivity index (χ1n) is 8.61. The minimum absolute atomic E-state index is 0.464. The Morgan fingerprint density at radius 2 is 1.36 bits per heavy atom. The summed E-state index contributed by atoms with van der Waals surface area (Å²) < 4.78 is 0. The van der Waals surface area contributed by atoms with E-state index in [9.17, 15) is 5.26 Å². The van der Waals surface area contributed by atoms with Gasteiger partial charge in [0, 0.05) is 21.0 Å². The Kier molecular flexibility index (Phi) is 5.38. The van der Waals surface area contributed by atoms with E-state index in [4.69, 9.17) is 21.6 Å². The first-order chi connectivity index (χ1) is 13.7. The molecule has 3 nitrogen and oxygen atoms in total. The molecule has 5 heteroatoms. The van der Waals surface area contributed by atoms with E-state index in [2.05, 4.69) is 6.07 Å². The third kappa shape index (κ3) is 3.91. The Balaban J connectivity index is 1.90. The third-order valence-electron chi connectivity index (χ3n) is 4.10. The summed E-state index contributed by atoms with van der Waals surface area (Å²) in [4.78, 5) is 10.4. The normalized spacial score (nSPS) is 10.4. The van der Waals surface area contributed by atoms with Crippen LogP contribution in [0.1, 0.15) is 5.56 Å². The average molecular weight is 400 g/mol. The fourth-order valence-electron chi connectivity index (χ4n) is 2.75. The highest BCUT2D eigenvalue weighted by atomic mass is 35.5. The van der Waals surface area contributed by atoms with Gasteiger partial charge in [0.05, 0.1) is 5.69 Å². The zero-order valence-corrected chi connectivity index (χ0v) is 16.3. The van der Waals surface area contributed by atoms with Crippen LogP contribution >= 0.6 is 23.4 Å². The molecule has 134 valence electrons. The molecule has 0 saturated heterocycles. The van der Waals surface area contributed by atoms with E-state index in [1.807, 2.05) is 84.9 Å². The van der Waals surface area contributed by atoms with E-state index in [0.29, 0.717) is 27.1 Å². The number of rotatable bonds is 4. The first kappa shape index (κ1) is 18.2. The molecule has 0 N–H and O–H groups in total. The summed E-state index contributed by atoms with van der Waals surface area (Å²) in [7, 11) is 0. The topological polar surface area (TPSA) is 49.6 Å². The molecular weight excluding hydrogens is 386 g/mol. The Hall–Kier alpha value is -3.13. The van der Waals surface area contributed by atoms with E-state index < -0.39 is 0 Å². The van der Waals surface area contributed by atoms with Gasteiger partial charge in [0.25, 0.3) is 0 Å². The molecule has 0 radical (unpaired) electrons. The molecule has 4 aromatic rings. The van der Waals surface area contributed by atoms with Crippen molar-refractivity contribution >= 4 is 23.4 Å². The number of hydrogen-bond donors (Lipinski definition) is 0. The lowest BCUT2D eigenvalue weighted by molar-refractivity contribution is 1.04. The molecule has 0 unspecified atom stereocenters. The van der Waals surface area contributed by atoms with Crippen LogP contribution in [-0.2, 0) is 0 Å². The Labute approximate surface area is 172 Å². The van der Waals surface area contributed by atoms with Crippen LogP contribution < -0.4 is 0 Å². The van der Waals surface area contributed by atoms with Crippen LogP contribution in [0.4, 0.5) is 0 Å². The Bertz CT molecular complexity index is 1140. The van der Waals surface area contributed by atoms with Crippen LogP contribution in [0.15, 0.2) is 94.9 Å². The molecule has 0 amide bonds. The molecule has 28 heavy (non-hydrogen) atoms. The molecule has 3 aromatic carbocycles. The van der Waals surface area contributed by atoms with Gasteiger partial charge in [-0.05, 0) is 24.3 Å². The minimum atomic E-state index is 0.464. The van der Waals surface area contributed by atoms with Gasteiger partial charge in [0.1, 0.15) is 16.7 Å². The van der Waals surface area contributed by atoms with Gasteiger partial charge < -0.3 is 0 Å². The molecule has 0 saturated carbocycles. The smallest absolute Gasteiger partial charge is 0.161 e. The highest BCUT2D eigenvalue weighted by Gasteiger charge is 2.18. The summed E-state index contributed by atoms with van der Waals surface area (Å²) in [5.41, 5.74) is 2.89. The summed E-state index contributed by atoms with van der Waals surface area (Å²) in [5.74, 6) is 0.593. The molecule has 0 fully saturated rings. The van der Waals surface area contributed by atoms with Crippen LogP contribution in [0.2, 0.25) is 5.02 Å². The zero-order chi connectivity index (χ0) is 19.3. The first-order valence-corrected chi connectivity index (χ1v) is 9.80. The summed E-state index contributed by atoms with van der Waals surface area (Å²) in [6.07, 6.45) is 0. The maximum Gasteiger partial charge on any atom is 0.161 e. The number of nitriles is 1. The molecule has 0 atom stereocenters. The molecular formula is C23H14ClN3S. The largest absolute Gasteiger partial charge is 0.227 e. The second kappa shape index (κ2) is 8.26. The maximum atomic E-state index is 9.88. The third-order valence-corrected chi connectivity index (χ3v) is 5.34. The van der Waals surface area contributed by atoms with Crippen molar-refractivity contribution in [2.24, 2.45) is 0 Å². The van der Waals surface area contributed by atoms with Crippen molar-refractivity contribution in [2.45, 2.75) is 9.92 Å². The minimum Gasteiger partial charge on any atom is -0.227 e. The summed E-state index contributed by atoms with van der Waals surface area (Å²) in [6.45, 7) is 0. The van der Waals surface area contributed by atoms with Crippen molar-refractivity contribution in [2.75, 3.05) is 0 Å². The predicted molar refractivity (Wildman–Crippen MR) is 113 cm³/mol. The molecule has 0 spiro atoms. The standard InChI is InChI=1S/C23H14ClN3S/c24-18-11-13-19(14-12-18)28-23-20(15-25)21(16-7-3-1-4-8-16)26-22(27-23)17-9-5-2-6-10-17/h1-14H. The number of aromatic nitrogens is 2. The lowest BCUT2D eigenvalue weighted by atomic mass is 10.1. The SMILES string of the molecule is N#Cc1c(Sc2ccc(Cl)cc2)nc(-c2ccccc2)nc1-c1ccccc1. The van der Waals surface area contributed by atoms with Gasteiger partial charge >= 0.3 is 0 Å². The van der Waals surface area contributed by atoms with Crippen LogP contribution in [0.5, 0.6) is 0 Å². The number of halogens is 1. The highest BCUT2D eigenvalue weighted by molar-refractivity contribution is 7.99. The van der Waals surface area contributed by atoms with Gasteiger partial charge in [-0.3, -0.25) is 0 Å². The maximum absolute atomic E-state index is 9.88. The second-order valence-corrected chi connectivity index (χ2v) is 7.47. The van der Waals surface area contributed by atoms with Gasteiger partial charge in [-0.25, -0.2) is 9.97 Å². The van der Waals surface area contributed by atoms with Crippen molar-refractivity contribution in [3.05, 3.63) is 95.5 Å². The average Bonchev–Trinajstić information content (AvgIpc) is 2.76. The van der Waals surface area contributed by atoms with Crippen molar-refractivity contribution in [3.63, 3.8) is 0 Å². The Morgan fingerprint density at radius 1 is 0.750 bits per heavy atom. The van der Waals surface area contributed by atoms with E-state index >= 15 is 0 Å². The van der Waals surface area contributed by atoms with Gasteiger partial charge in [0.2, 0.25) is 0 Å². The van der Waals surface area contributed by atoms with Crippen LogP contribution in [-0.4, -0.2) is 9.97 Å². The van der Waals surface area contributed by atoms with Crippen LogP contribution in [0, 0.1) is 11.3 Å². The molecule has 0 aliphatic rings. The van der Waals surface area contributed by atoms with Crippen LogP contribution in [0.25, 0.3) is 22.6 Å². The molecule has 1 heterocycles. The lowest BCUT2D eigenvalue weighted by Gasteiger charge is -2.11. The highest BCUT2D eigenvalue weighted by Crippen LogP contribution is 2.35. The summed E-state index contributed by atoms with van der Waals surface area (Å²) >= 11 is 7.43. The van der Waals surface area contributed by atoms with E-state index in [1.54, 1.807) is 0 Å². The number of nitrogens with zero attached hydrogens (tertiary/aromatic N) is 3. The molecule has 1 aromatic heterocycles. The van der Waals surface area contributed by atoms with E-state index in [0.717, 1.165) is 16.0 Å². The quantitative estimate of drug-likeness (QED) is 0.368. The summed E-state index contributed by atoms with van der Waals surface area (Å²) in [6, 6.07) is 29.3. The lowest BCUT2D eigenvalue weighted by Crippen LogP contribution is -2.00. The zero-order valence-electron chi connectivity index (χ0n) is 14.7. The molecule has 0 bridgehead atoms. The van der Waals surface area contributed by atoms with Crippen molar-refractivity contribution in [1.29, 1.82) is 5.26 Å². The van der Waals surface area contributed by atoms with Gasteiger partial charge in [-0.1, -0.05) is 84.0 Å². The van der Waals surface area contributed by atoms with Crippen molar-refractivity contribution in [3.8, 4) is 28.7 Å². The second-order valence-electron chi connectivity index (χ2n) is 5.98.